The van der Waals surface area contributed by atoms with Crippen LogP contribution in [-0.2, 0) is 21.5 Å². The molecule has 3 atom stereocenters. The van der Waals surface area contributed by atoms with Crippen molar-refractivity contribution in [3.63, 3.8) is 0 Å². The summed E-state index contributed by atoms with van der Waals surface area (Å²) in [6.45, 7) is 0.587. The third kappa shape index (κ3) is 3.06. The van der Waals surface area contributed by atoms with Gasteiger partial charge in [-0.1, -0.05) is 24.3 Å². The molecule has 158 valence electrons. The quantitative estimate of drug-likeness (QED) is 0.748. The summed E-state index contributed by atoms with van der Waals surface area (Å²) in [5, 5.41) is 0. The molecule has 3 aliphatic heterocycles. The van der Waals surface area contributed by atoms with E-state index in [1.807, 2.05) is 23.1 Å². The fourth-order valence-electron chi connectivity index (χ4n) is 5.11. The molecule has 7 nitrogen and oxygen atoms in total. The van der Waals surface area contributed by atoms with Gasteiger partial charge in [-0.05, 0) is 61.1 Å². The van der Waals surface area contributed by atoms with E-state index in [2.05, 4.69) is 0 Å². The zero-order chi connectivity index (χ0) is 20.9. The van der Waals surface area contributed by atoms with Crippen molar-refractivity contribution in [1.82, 2.24) is 9.21 Å². The molecule has 8 heteroatoms. The molecule has 3 heterocycles. The van der Waals surface area contributed by atoms with E-state index in [0.717, 1.165) is 29.7 Å². The van der Waals surface area contributed by atoms with Gasteiger partial charge in [0.25, 0.3) is 0 Å². The molecule has 2 aromatic rings. The maximum atomic E-state index is 13.4. The van der Waals surface area contributed by atoms with Crippen molar-refractivity contribution in [2.45, 2.75) is 43.8 Å². The lowest BCUT2D eigenvalue weighted by Crippen LogP contribution is -2.67. The first-order valence-electron chi connectivity index (χ1n) is 10.2. The van der Waals surface area contributed by atoms with Crippen LogP contribution in [0.5, 0.6) is 11.5 Å². The van der Waals surface area contributed by atoms with E-state index in [1.54, 1.807) is 37.4 Å². The fraction of sp³-hybridized carbons (Fsp3) is 0.409. The number of hydrogen-bond donors (Lipinski definition) is 0. The molecule has 3 aliphatic rings. The number of ether oxygens (including phenoxy) is 1. The molecule has 0 aromatic heterocycles. The Kier molecular flexibility index (Phi) is 4.71. The molecule has 2 saturated heterocycles. The van der Waals surface area contributed by atoms with Gasteiger partial charge in [-0.2, -0.15) is 12.7 Å². The second-order valence-corrected chi connectivity index (χ2v) is 9.43. The van der Waals surface area contributed by atoms with Crippen molar-refractivity contribution in [3.05, 3.63) is 59.7 Å². The lowest BCUT2D eigenvalue weighted by molar-refractivity contribution is -0.150. The number of rotatable bonds is 4. The first-order valence-corrected chi connectivity index (χ1v) is 11.6. The third-order valence-corrected chi connectivity index (χ3v) is 7.82. The molecule has 2 bridgehead atoms. The van der Waals surface area contributed by atoms with Crippen LogP contribution in [0, 0.1) is 0 Å². The third-order valence-electron chi connectivity index (χ3n) is 6.37. The van der Waals surface area contributed by atoms with E-state index in [0.29, 0.717) is 19.4 Å². The SMILES string of the molecule is COc1ccc2c(c1)CCN1C(=O)C3CCCC(C21)N3S(=O)(=O)Oc1ccccc1. The van der Waals surface area contributed by atoms with E-state index in [4.69, 9.17) is 8.92 Å². The molecule has 0 spiro atoms. The van der Waals surface area contributed by atoms with Crippen LogP contribution in [0.1, 0.15) is 36.4 Å². The molecule has 2 aromatic carbocycles. The van der Waals surface area contributed by atoms with Gasteiger partial charge in [-0.3, -0.25) is 4.79 Å². The molecular formula is C22H24N2O5S. The number of carbonyl (C=O) groups excluding carboxylic acids is 1. The first kappa shape index (κ1) is 19.4. The van der Waals surface area contributed by atoms with Gasteiger partial charge in [0.15, 0.2) is 0 Å². The van der Waals surface area contributed by atoms with Crippen LogP contribution in [0.4, 0.5) is 0 Å². The van der Waals surface area contributed by atoms with E-state index in [9.17, 15) is 13.2 Å². The van der Waals surface area contributed by atoms with E-state index in [1.165, 1.54) is 4.31 Å². The highest BCUT2D eigenvalue weighted by Crippen LogP contribution is 2.46. The number of carbonyl (C=O) groups is 1. The van der Waals surface area contributed by atoms with Crippen LogP contribution < -0.4 is 8.92 Å². The number of para-hydroxylation sites is 1. The molecule has 30 heavy (non-hydrogen) atoms. The predicted octanol–water partition coefficient (Wildman–Crippen LogP) is 2.68. The average Bonchev–Trinajstić information content (AvgIpc) is 2.76. The summed E-state index contributed by atoms with van der Waals surface area (Å²) in [5.74, 6) is 0.889. The first-order chi connectivity index (χ1) is 14.5. The van der Waals surface area contributed by atoms with Crippen molar-refractivity contribution in [2.24, 2.45) is 0 Å². The zero-order valence-electron chi connectivity index (χ0n) is 16.7. The van der Waals surface area contributed by atoms with E-state index in [-0.39, 0.29) is 23.7 Å². The highest BCUT2D eigenvalue weighted by molar-refractivity contribution is 7.84. The van der Waals surface area contributed by atoms with Gasteiger partial charge in [0, 0.05) is 6.54 Å². The Morgan fingerprint density at radius 1 is 1.03 bits per heavy atom. The normalized spacial score (nSPS) is 26.0. The minimum absolute atomic E-state index is 0.127. The number of piperazine rings is 1. The number of hydrogen-bond acceptors (Lipinski definition) is 5. The second kappa shape index (κ2) is 7.28. The molecule has 3 unspecified atom stereocenters. The van der Waals surface area contributed by atoms with E-state index < -0.39 is 16.3 Å². The summed E-state index contributed by atoms with van der Waals surface area (Å²) in [5.41, 5.74) is 2.11. The molecule has 0 N–H and O–H groups in total. The number of nitrogens with zero attached hydrogens (tertiary/aromatic N) is 2. The Labute approximate surface area is 176 Å². The Hall–Kier alpha value is -2.58. The van der Waals surface area contributed by atoms with Gasteiger partial charge in [-0.15, -0.1) is 0 Å². The Morgan fingerprint density at radius 3 is 2.60 bits per heavy atom. The fourth-order valence-corrected chi connectivity index (χ4v) is 6.61. The smallest absolute Gasteiger partial charge is 0.386 e. The van der Waals surface area contributed by atoms with Crippen LogP contribution in [0.15, 0.2) is 48.5 Å². The largest absolute Gasteiger partial charge is 0.497 e. The van der Waals surface area contributed by atoms with Crippen molar-refractivity contribution < 1.29 is 22.1 Å². The maximum absolute atomic E-state index is 13.4. The summed E-state index contributed by atoms with van der Waals surface area (Å²) in [6, 6.07) is 12.9. The van der Waals surface area contributed by atoms with Gasteiger partial charge in [0.2, 0.25) is 5.91 Å². The summed E-state index contributed by atoms with van der Waals surface area (Å²) in [7, 11) is -2.51. The molecule has 0 radical (unpaired) electrons. The van der Waals surface area contributed by atoms with Crippen LogP contribution in [-0.4, -0.2) is 49.3 Å². The standard InChI is InChI=1S/C22H24N2O5S/c1-28-17-10-11-18-15(14-17)12-13-23-21(18)19-8-5-9-20(22(23)25)24(19)30(26,27)29-16-6-3-2-4-7-16/h2-4,6-7,10-11,14,19-21H,5,8-9,12-13H2,1H3. The van der Waals surface area contributed by atoms with Gasteiger partial charge >= 0.3 is 10.3 Å². The van der Waals surface area contributed by atoms with Crippen LogP contribution in [0.3, 0.4) is 0 Å². The van der Waals surface area contributed by atoms with Gasteiger partial charge in [0.1, 0.15) is 17.5 Å². The molecule has 2 fully saturated rings. The van der Waals surface area contributed by atoms with Crippen LogP contribution in [0.2, 0.25) is 0 Å². The van der Waals surface area contributed by atoms with Crippen LogP contribution >= 0.6 is 0 Å². The predicted molar refractivity (Wildman–Crippen MR) is 110 cm³/mol. The molecular weight excluding hydrogens is 404 g/mol. The molecule has 5 rings (SSSR count). The number of methoxy groups -OCH3 is 1. The maximum Gasteiger partial charge on any atom is 0.386 e. The number of fused-ring (bicyclic) bond motifs is 6. The summed E-state index contributed by atoms with van der Waals surface area (Å²) < 4.78 is 38.8. The minimum atomic E-state index is -4.13. The van der Waals surface area contributed by atoms with Gasteiger partial charge in [0.05, 0.1) is 19.2 Å². The topological polar surface area (TPSA) is 76.2 Å². The van der Waals surface area contributed by atoms with Gasteiger partial charge in [-0.25, -0.2) is 0 Å². The summed E-state index contributed by atoms with van der Waals surface area (Å²) in [6.07, 6.45) is 2.76. The summed E-state index contributed by atoms with van der Waals surface area (Å²) >= 11 is 0. The van der Waals surface area contributed by atoms with Crippen molar-refractivity contribution in [1.29, 1.82) is 0 Å². The number of amides is 1. The highest BCUT2D eigenvalue weighted by Gasteiger charge is 2.55. The highest BCUT2D eigenvalue weighted by atomic mass is 32.2. The van der Waals surface area contributed by atoms with Gasteiger partial charge < -0.3 is 13.8 Å². The summed E-state index contributed by atoms with van der Waals surface area (Å²) in [4.78, 5) is 15.2. The zero-order valence-corrected chi connectivity index (χ0v) is 17.5. The van der Waals surface area contributed by atoms with E-state index >= 15 is 0 Å². The Bertz CT molecular complexity index is 1070. The monoisotopic (exact) mass is 428 g/mol. The Morgan fingerprint density at radius 2 is 1.83 bits per heavy atom. The number of piperidine rings is 1. The van der Waals surface area contributed by atoms with Crippen molar-refractivity contribution in [3.8, 4) is 11.5 Å². The average molecular weight is 429 g/mol. The lowest BCUT2D eigenvalue weighted by Gasteiger charge is -2.54. The molecule has 1 amide bonds. The minimum Gasteiger partial charge on any atom is -0.497 e. The van der Waals surface area contributed by atoms with Crippen molar-refractivity contribution in [2.75, 3.05) is 13.7 Å². The molecule has 0 aliphatic carbocycles. The second-order valence-electron chi connectivity index (χ2n) is 7.99. The molecule has 0 saturated carbocycles. The Balaban J connectivity index is 1.56. The van der Waals surface area contributed by atoms with Crippen molar-refractivity contribution >= 4 is 16.2 Å². The number of benzene rings is 2. The van der Waals surface area contributed by atoms with Crippen LogP contribution in [0.25, 0.3) is 0 Å². The lowest BCUT2D eigenvalue weighted by atomic mass is 9.80.